The standard InChI is InChI=1S/C30H26Cl2F3N5O6/c1-28(13-16-2-4-21(5-3-16)46-30(33,34)35)25(44)39(20-11-18(31)10-19(32)12-20)27-36-14-22(40(27)28)23(41)37-29(7-8-29)26(45)38-9-6-17(15-38)24(42)43/h2-5,10-12,14,17H,6-9,13,15H2,1H3,(H,37,41)(H,42,43)/t17-,28+/m0/s1. The largest absolute Gasteiger partial charge is 0.573 e. The SMILES string of the molecule is C[C@@]1(Cc2ccc(OC(F)(F)F)cc2)C(=O)N(c2cc(Cl)cc(Cl)c2)c2ncc(C(=O)NC3(C(=O)N4CC[C@H](C(=O)O)C4)CC3)n21. The molecule has 2 N–H and O–H groups in total. The lowest BCUT2D eigenvalue weighted by molar-refractivity contribution is -0.274. The molecule has 2 fully saturated rings. The number of nitrogens with zero attached hydrogens (tertiary/aromatic N) is 4. The number of aliphatic carboxylic acids is 1. The second-order valence-corrected chi connectivity index (χ2v) is 12.7. The average Bonchev–Trinajstić information content (AvgIpc) is 3.29. The number of aromatic nitrogens is 2. The summed E-state index contributed by atoms with van der Waals surface area (Å²) in [4.78, 5) is 60.0. The summed E-state index contributed by atoms with van der Waals surface area (Å²) in [6.07, 6.45) is -2.67. The summed E-state index contributed by atoms with van der Waals surface area (Å²) >= 11 is 12.5. The smallest absolute Gasteiger partial charge is 0.481 e. The van der Waals surface area contributed by atoms with E-state index in [0.717, 1.165) is 12.1 Å². The third kappa shape index (κ3) is 5.75. The number of imidazole rings is 1. The van der Waals surface area contributed by atoms with Crippen LogP contribution >= 0.6 is 23.2 Å². The topological polar surface area (TPSA) is 134 Å². The number of rotatable bonds is 8. The summed E-state index contributed by atoms with van der Waals surface area (Å²) in [6.45, 7) is 1.87. The van der Waals surface area contributed by atoms with Gasteiger partial charge < -0.3 is 20.1 Å². The molecule has 11 nitrogen and oxygen atoms in total. The molecule has 0 bridgehead atoms. The van der Waals surface area contributed by atoms with Crippen molar-refractivity contribution >= 4 is 58.5 Å². The van der Waals surface area contributed by atoms with Crippen molar-refractivity contribution in [3.8, 4) is 5.75 Å². The number of carbonyl (C=O) groups excluding carboxylic acids is 3. The van der Waals surface area contributed by atoms with Gasteiger partial charge in [-0.15, -0.1) is 13.2 Å². The van der Waals surface area contributed by atoms with Gasteiger partial charge in [0, 0.05) is 29.6 Å². The third-order valence-corrected chi connectivity index (χ3v) is 8.92. The molecular weight excluding hydrogens is 654 g/mol. The van der Waals surface area contributed by atoms with Gasteiger partial charge in [-0.3, -0.25) is 23.7 Å². The maximum absolute atomic E-state index is 14.2. The number of hydrogen-bond donors (Lipinski definition) is 2. The van der Waals surface area contributed by atoms with Crippen LogP contribution in [0.1, 0.15) is 42.2 Å². The van der Waals surface area contributed by atoms with E-state index < -0.39 is 46.9 Å². The fraction of sp³-hybridized carbons (Fsp3) is 0.367. The summed E-state index contributed by atoms with van der Waals surface area (Å²) in [7, 11) is 0. The highest BCUT2D eigenvalue weighted by Gasteiger charge is 2.56. The van der Waals surface area contributed by atoms with Gasteiger partial charge in [-0.25, -0.2) is 9.88 Å². The molecule has 1 aromatic heterocycles. The maximum Gasteiger partial charge on any atom is 0.573 e. The fourth-order valence-corrected chi connectivity index (χ4v) is 6.60. The van der Waals surface area contributed by atoms with Crippen molar-refractivity contribution < 1.29 is 42.2 Å². The first-order valence-electron chi connectivity index (χ1n) is 14.2. The molecule has 6 rings (SSSR count). The van der Waals surface area contributed by atoms with Gasteiger partial charge in [0.15, 0.2) is 0 Å². The van der Waals surface area contributed by atoms with Crippen molar-refractivity contribution in [2.75, 3.05) is 18.0 Å². The highest BCUT2D eigenvalue weighted by atomic mass is 35.5. The van der Waals surface area contributed by atoms with E-state index in [9.17, 15) is 37.5 Å². The maximum atomic E-state index is 14.2. The first kappa shape index (κ1) is 31.7. The zero-order valence-electron chi connectivity index (χ0n) is 24.1. The molecule has 16 heteroatoms. The summed E-state index contributed by atoms with van der Waals surface area (Å²) < 4.78 is 43.5. The zero-order valence-corrected chi connectivity index (χ0v) is 25.6. The predicted molar refractivity (Wildman–Crippen MR) is 158 cm³/mol. The molecule has 2 aliphatic heterocycles. The van der Waals surface area contributed by atoms with E-state index in [0.29, 0.717) is 24.8 Å². The number of alkyl halides is 3. The van der Waals surface area contributed by atoms with E-state index in [-0.39, 0.29) is 52.8 Å². The Morgan fingerprint density at radius 2 is 1.76 bits per heavy atom. The van der Waals surface area contributed by atoms with Crippen molar-refractivity contribution in [3.63, 3.8) is 0 Å². The molecule has 3 heterocycles. The number of ether oxygens (including phenoxy) is 1. The van der Waals surface area contributed by atoms with E-state index in [2.05, 4.69) is 15.0 Å². The van der Waals surface area contributed by atoms with Crippen LogP contribution in [0.2, 0.25) is 10.0 Å². The molecule has 2 atom stereocenters. The number of likely N-dealkylation sites (tertiary alicyclic amines) is 1. The molecule has 242 valence electrons. The van der Waals surface area contributed by atoms with Crippen LogP contribution in [0, 0.1) is 5.92 Å². The molecule has 3 amide bonds. The molecule has 3 aliphatic rings. The lowest BCUT2D eigenvalue weighted by Crippen LogP contribution is -2.51. The molecular formula is C30H26Cl2F3N5O6. The van der Waals surface area contributed by atoms with Crippen LogP contribution in [0.3, 0.4) is 0 Å². The third-order valence-electron chi connectivity index (χ3n) is 8.48. The quantitative estimate of drug-likeness (QED) is 0.345. The molecule has 1 aliphatic carbocycles. The van der Waals surface area contributed by atoms with Crippen LogP contribution < -0.4 is 15.0 Å². The Labute approximate surface area is 269 Å². The van der Waals surface area contributed by atoms with E-state index in [1.807, 2.05) is 0 Å². The number of carbonyl (C=O) groups is 4. The number of fused-ring (bicyclic) bond motifs is 1. The van der Waals surface area contributed by atoms with Gasteiger partial charge in [0.25, 0.3) is 11.8 Å². The second-order valence-electron chi connectivity index (χ2n) is 11.8. The van der Waals surface area contributed by atoms with Crippen LogP contribution in [-0.2, 0) is 26.3 Å². The second kappa shape index (κ2) is 11.2. The fourth-order valence-electron chi connectivity index (χ4n) is 6.08. The number of hydrogen-bond acceptors (Lipinski definition) is 6. The molecule has 0 radical (unpaired) electrons. The van der Waals surface area contributed by atoms with Crippen molar-refractivity contribution in [3.05, 3.63) is 70.0 Å². The van der Waals surface area contributed by atoms with Crippen LogP contribution in [0.5, 0.6) is 5.75 Å². The van der Waals surface area contributed by atoms with Gasteiger partial charge in [0.1, 0.15) is 22.5 Å². The highest BCUT2D eigenvalue weighted by Crippen LogP contribution is 2.45. The minimum absolute atomic E-state index is 0.0394. The highest BCUT2D eigenvalue weighted by molar-refractivity contribution is 6.35. The number of halogens is 5. The molecule has 1 saturated heterocycles. The lowest BCUT2D eigenvalue weighted by atomic mass is 9.91. The number of anilines is 2. The molecule has 0 spiro atoms. The van der Waals surface area contributed by atoms with Crippen molar-refractivity contribution in [2.45, 2.75) is 50.0 Å². The Morgan fingerprint density at radius 1 is 1.11 bits per heavy atom. The van der Waals surface area contributed by atoms with Crippen molar-refractivity contribution in [1.82, 2.24) is 19.8 Å². The Kier molecular flexibility index (Phi) is 7.71. The van der Waals surface area contributed by atoms with Crippen LogP contribution in [0.15, 0.2) is 48.7 Å². The molecule has 46 heavy (non-hydrogen) atoms. The predicted octanol–water partition coefficient (Wildman–Crippen LogP) is 4.92. The van der Waals surface area contributed by atoms with E-state index in [4.69, 9.17) is 23.2 Å². The Hall–Kier alpha value is -4.30. The van der Waals surface area contributed by atoms with Crippen molar-refractivity contribution in [1.29, 1.82) is 0 Å². The van der Waals surface area contributed by atoms with Gasteiger partial charge in [-0.05, 0) is 62.1 Å². The first-order chi connectivity index (χ1) is 21.6. The summed E-state index contributed by atoms with van der Waals surface area (Å²) in [6, 6.07) is 9.49. The number of benzene rings is 2. The molecule has 2 aromatic carbocycles. The van der Waals surface area contributed by atoms with Gasteiger partial charge in [0.05, 0.1) is 17.8 Å². The van der Waals surface area contributed by atoms with Gasteiger partial charge in [-0.1, -0.05) is 35.3 Å². The molecule has 1 saturated carbocycles. The monoisotopic (exact) mass is 679 g/mol. The summed E-state index contributed by atoms with van der Waals surface area (Å²) in [5.74, 6) is -3.62. The zero-order chi connectivity index (χ0) is 33.2. The lowest BCUT2D eigenvalue weighted by Gasteiger charge is -2.28. The van der Waals surface area contributed by atoms with Crippen LogP contribution in [0.25, 0.3) is 0 Å². The minimum atomic E-state index is -4.88. The Morgan fingerprint density at radius 3 is 2.33 bits per heavy atom. The van der Waals surface area contributed by atoms with Crippen LogP contribution in [0.4, 0.5) is 24.8 Å². The molecule has 3 aromatic rings. The van der Waals surface area contributed by atoms with E-state index in [1.54, 1.807) is 6.92 Å². The minimum Gasteiger partial charge on any atom is -0.481 e. The average molecular weight is 680 g/mol. The van der Waals surface area contributed by atoms with Gasteiger partial charge in [-0.2, -0.15) is 0 Å². The van der Waals surface area contributed by atoms with E-state index >= 15 is 0 Å². The number of carboxylic acid groups (broad SMARTS) is 1. The van der Waals surface area contributed by atoms with Gasteiger partial charge in [0.2, 0.25) is 11.9 Å². The normalized spacial score (nSPS) is 21.7. The van der Waals surface area contributed by atoms with Crippen LogP contribution in [-0.4, -0.2) is 68.2 Å². The summed E-state index contributed by atoms with van der Waals surface area (Å²) in [5, 5.41) is 12.6. The van der Waals surface area contributed by atoms with Gasteiger partial charge >= 0.3 is 12.3 Å². The Balaban J connectivity index is 1.34. The number of amides is 3. The number of carboxylic acids is 1. The first-order valence-corrected chi connectivity index (χ1v) is 14.9. The summed E-state index contributed by atoms with van der Waals surface area (Å²) in [5.41, 5.74) is -2.05. The van der Waals surface area contributed by atoms with E-state index in [1.165, 1.54) is 50.9 Å². The van der Waals surface area contributed by atoms with Crippen molar-refractivity contribution in [2.24, 2.45) is 5.92 Å². The number of nitrogens with one attached hydrogen (secondary N) is 1. The Bertz CT molecular complexity index is 1740. The molecule has 0 unspecified atom stereocenters.